The van der Waals surface area contributed by atoms with Crippen LogP contribution >= 0.6 is 7.28 Å². The van der Waals surface area contributed by atoms with Crippen LogP contribution in [0.15, 0.2) is 48.5 Å². The average Bonchev–Trinajstić information content (AvgIpc) is 2.61. The quantitative estimate of drug-likeness (QED) is 0.457. The van der Waals surface area contributed by atoms with E-state index in [-0.39, 0.29) is 0 Å². The molecule has 0 heterocycles. The molecule has 0 aliphatic heterocycles. The number of benzene rings is 2. The molecule has 3 nitrogen and oxygen atoms in total. The molecule has 0 fully saturated rings. The summed E-state index contributed by atoms with van der Waals surface area (Å²) < 4.78 is 6.00. The number of aryl methyl sites for hydroxylation is 2. The molecule has 0 radical (unpaired) electrons. The van der Waals surface area contributed by atoms with Crippen LogP contribution in [0.5, 0.6) is 0 Å². The van der Waals surface area contributed by atoms with Gasteiger partial charge in [0.1, 0.15) is 0 Å². The zero-order chi connectivity index (χ0) is 19.1. The second-order valence-corrected chi connectivity index (χ2v) is 10.2. The first-order valence-electron chi connectivity index (χ1n) is 9.68. The SMILES string of the molecule is CCCCCCCCOP(O)(O)(c1ccccc1C)c1ccccc1C. The van der Waals surface area contributed by atoms with Crippen LogP contribution in [0, 0.1) is 13.8 Å². The molecule has 2 N–H and O–H groups in total. The van der Waals surface area contributed by atoms with Gasteiger partial charge < -0.3 is 0 Å². The van der Waals surface area contributed by atoms with Crippen molar-refractivity contribution in [1.82, 2.24) is 0 Å². The van der Waals surface area contributed by atoms with Gasteiger partial charge in [0.2, 0.25) is 0 Å². The first-order valence-corrected chi connectivity index (χ1v) is 11.7. The third-order valence-corrected chi connectivity index (χ3v) is 8.35. The van der Waals surface area contributed by atoms with Gasteiger partial charge >= 0.3 is 158 Å². The molecule has 0 bridgehead atoms. The third-order valence-electron chi connectivity index (χ3n) is 4.93. The molecule has 0 spiro atoms. The molecule has 2 rings (SSSR count). The van der Waals surface area contributed by atoms with Gasteiger partial charge in [-0.25, -0.2) is 0 Å². The first-order chi connectivity index (χ1) is 12.4. The van der Waals surface area contributed by atoms with E-state index in [1.807, 2.05) is 50.2 Å². The van der Waals surface area contributed by atoms with Crippen molar-refractivity contribution in [2.45, 2.75) is 59.3 Å². The van der Waals surface area contributed by atoms with Crippen molar-refractivity contribution >= 4 is 17.9 Å². The minimum atomic E-state index is -4.66. The number of unbranched alkanes of at least 4 members (excludes halogenated alkanes) is 5. The Morgan fingerprint density at radius 3 is 1.69 bits per heavy atom. The Kier molecular flexibility index (Phi) is 7.37. The van der Waals surface area contributed by atoms with Gasteiger partial charge in [-0.3, -0.25) is 0 Å². The molecule has 2 aromatic rings. The van der Waals surface area contributed by atoms with E-state index in [0.717, 1.165) is 24.0 Å². The molecule has 0 aliphatic carbocycles. The predicted octanol–water partition coefficient (Wildman–Crippen LogP) is 4.91. The summed E-state index contributed by atoms with van der Waals surface area (Å²) in [5, 5.41) is 0.998. The summed E-state index contributed by atoms with van der Waals surface area (Å²) in [5.41, 5.74) is 1.67. The summed E-state index contributed by atoms with van der Waals surface area (Å²) in [6.07, 6.45) is 6.76. The normalized spacial score (nSPS) is 13.3. The molecule has 0 aromatic heterocycles. The van der Waals surface area contributed by atoms with Crippen LogP contribution in [-0.4, -0.2) is 16.4 Å². The Hall–Kier alpha value is -1.25. The first kappa shape index (κ1) is 21.1. The zero-order valence-corrected chi connectivity index (χ0v) is 17.2. The Morgan fingerprint density at radius 2 is 1.19 bits per heavy atom. The summed E-state index contributed by atoms with van der Waals surface area (Å²) in [4.78, 5) is 23.4. The Bertz CT molecular complexity index is 663. The fourth-order valence-electron chi connectivity index (χ4n) is 3.42. The topological polar surface area (TPSA) is 49.7 Å². The van der Waals surface area contributed by atoms with Gasteiger partial charge in [-0.15, -0.1) is 0 Å². The Balaban J connectivity index is 2.26. The van der Waals surface area contributed by atoms with E-state index >= 15 is 0 Å². The van der Waals surface area contributed by atoms with Crippen molar-refractivity contribution in [2.75, 3.05) is 6.61 Å². The molecule has 0 atom stereocenters. The van der Waals surface area contributed by atoms with Crippen LogP contribution in [-0.2, 0) is 4.52 Å². The molecular weight excluding hydrogens is 343 g/mol. The molecule has 0 unspecified atom stereocenters. The van der Waals surface area contributed by atoms with Crippen molar-refractivity contribution in [3.63, 3.8) is 0 Å². The van der Waals surface area contributed by atoms with Crippen LogP contribution < -0.4 is 10.6 Å². The van der Waals surface area contributed by atoms with Gasteiger partial charge in [0.25, 0.3) is 0 Å². The summed E-state index contributed by atoms with van der Waals surface area (Å²) >= 11 is 0. The Morgan fingerprint density at radius 1 is 0.731 bits per heavy atom. The molecule has 0 aliphatic rings. The fraction of sp³-hybridized carbons (Fsp3) is 0.455. The zero-order valence-electron chi connectivity index (χ0n) is 16.3. The van der Waals surface area contributed by atoms with Crippen LogP contribution in [0.4, 0.5) is 0 Å². The van der Waals surface area contributed by atoms with Gasteiger partial charge in [-0.2, -0.15) is 0 Å². The second-order valence-electron chi connectivity index (χ2n) is 7.12. The number of hydrogen-bond donors (Lipinski definition) is 2. The molecule has 0 amide bonds. The molecule has 144 valence electrons. The van der Waals surface area contributed by atoms with E-state index in [1.165, 1.54) is 25.7 Å². The summed E-state index contributed by atoms with van der Waals surface area (Å²) in [6, 6.07) is 14.8. The van der Waals surface area contributed by atoms with Crippen molar-refractivity contribution in [3.05, 3.63) is 59.7 Å². The molecule has 2 aromatic carbocycles. The summed E-state index contributed by atoms with van der Waals surface area (Å²) in [5.74, 6) is 0. The van der Waals surface area contributed by atoms with Gasteiger partial charge in [0.05, 0.1) is 0 Å². The molecule has 0 saturated heterocycles. The van der Waals surface area contributed by atoms with E-state index < -0.39 is 7.28 Å². The van der Waals surface area contributed by atoms with Crippen molar-refractivity contribution in [3.8, 4) is 0 Å². The van der Waals surface area contributed by atoms with E-state index in [2.05, 4.69) is 6.92 Å². The van der Waals surface area contributed by atoms with Gasteiger partial charge in [-0.1, -0.05) is 0 Å². The van der Waals surface area contributed by atoms with Crippen LogP contribution in [0.3, 0.4) is 0 Å². The van der Waals surface area contributed by atoms with E-state index in [9.17, 15) is 9.79 Å². The van der Waals surface area contributed by atoms with Crippen molar-refractivity contribution in [2.24, 2.45) is 0 Å². The van der Waals surface area contributed by atoms with E-state index in [4.69, 9.17) is 4.52 Å². The van der Waals surface area contributed by atoms with Crippen LogP contribution in [0.25, 0.3) is 0 Å². The van der Waals surface area contributed by atoms with E-state index in [1.54, 1.807) is 12.1 Å². The molecule has 4 heteroatoms. The summed E-state index contributed by atoms with van der Waals surface area (Å²) in [6.45, 7) is 6.35. The van der Waals surface area contributed by atoms with E-state index in [0.29, 0.717) is 17.2 Å². The summed E-state index contributed by atoms with van der Waals surface area (Å²) in [7, 11) is -4.66. The maximum atomic E-state index is 11.7. The van der Waals surface area contributed by atoms with Gasteiger partial charge in [-0.05, 0) is 0 Å². The fourth-order valence-corrected chi connectivity index (χ4v) is 6.56. The van der Waals surface area contributed by atoms with Gasteiger partial charge in [0.15, 0.2) is 0 Å². The minimum absolute atomic E-state index is 0.347. The monoisotopic (exact) mass is 376 g/mol. The molecule has 0 saturated carbocycles. The Labute approximate surface area is 158 Å². The van der Waals surface area contributed by atoms with Crippen molar-refractivity contribution in [1.29, 1.82) is 0 Å². The van der Waals surface area contributed by atoms with Crippen LogP contribution in [0.1, 0.15) is 56.6 Å². The second kappa shape index (κ2) is 9.10. The molecular formula is C22H33O3P. The van der Waals surface area contributed by atoms with Crippen molar-refractivity contribution < 1.29 is 14.3 Å². The third kappa shape index (κ3) is 4.72. The maximum absolute atomic E-state index is 11.7. The molecule has 26 heavy (non-hydrogen) atoms. The van der Waals surface area contributed by atoms with Crippen LogP contribution in [0.2, 0.25) is 0 Å². The predicted molar refractivity (Wildman–Crippen MR) is 112 cm³/mol. The number of rotatable bonds is 10. The van der Waals surface area contributed by atoms with Gasteiger partial charge in [0, 0.05) is 0 Å². The average molecular weight is 376 g/mol. The number of hydrogen-bond acceptors (Lipinski definition) is 3. The standard InChI is InChI=1S/C22H33O3P/c1-4-5-6-7-8-13-18-25-26(23,24,21-16-11-9-14-19(21)2)22-17-12-10-15-20(22)3/h9-12,14-17,23-24H,4-8,13,18H2,1-3H3.